The summed E-state index contributed by atoms with van der Waals surface area (Å²) < 4.78 is 1.86. The van der Waals surface area contributed by atoms with Crippen LogP contribution >= 0.6 is 23.2 Å². The number of rotatable bonds is 2. The molecule has 0 saturated heterocycles. The van der Waals surface area contributed by atoms with E-state index in [1.54, 1.807) is 12.3 Å². The van der Waals surface area contributed by atoms with Crippen LogP contribution in [0.1, 0.15) is 5.56 Å². The number of halogens is 2. The molecule has 0 amide bonds. The van der Waals surface area contributed by atoms with Crippen LogP contribution in [0.4, 0.5) is 5.82 Å². The van der Waals surface area contributed by atoms with Crippen LogP contribution in [0.2, 0.25) is 10.0 Å². The lowest BCUT2D eigenvalue weighted by atomic mass is 10.1. The first-order valence-corrected chi connectivity index (χ1v) is 7.70. The van der Waals surface area contributed by atoms with Crippen molar-refractivity contribution in [1.29, 1.82) is 0 Å². The van der Waals surface area contributed by atoms with Gasteiger partial charge in [0.2, 0.25) is 0 Å². The maximum Gasteiger partial charge on any atom is 0.133 e. The normalized spacial score (nSPS) is 13.0. The average molecular weight is 331 g/mol. The van der Waals surface area contributed by atoms with Crippen molar-refractivity contribution in [1.82, 2.24) is 14.8 Å². The Morgan fingerprint density at radius 2 is 1.95 bits per heavy atom. The first-order valence-electron chi connectivity index (χ1n) is 6.95. The fourth-order valence-electron chi connectivity index (χ4n) is 2.76. The Morgan fingerprint density at radius 3 is 2.68 bits per heavy atom. The second-order valence-electron chi connectivity index (χ2n) is 5.13. The third-order valence-corrected chi connectivity index (χ3v) is 4.11. The number of aromatic nitrogens is 3. The van der Waals surface area contributed by atoms with E-state index in [0.29, 0.717) is 10.0 Å². The molecule has 3 aromatic rings. The molecule has 0 aliphatic carbocycles. The van der Waals surface area contributed by atoms with E-state index in [4.69, 9.17) is 28.3 Å². The minimum absolute atomic E-state index is 0.590. The summed E-state index contributed by atoms with van der Waals surface area (Å²) in [5.41, 5.74) is 4.00. The highest BCUT2D eigenvalue weighted by molar-refractivity contribution is 6.34. The molecule has 1 N–H and O–H groups in total. The van der Waals surface area contributed by atoms with Crippen molar-refractivity contribution in [3.05, 3.63) is 58.3 Å². The summed E-state index contributed by atoms with van der Waals surface area (Å²) in [6, 6.07) is 9.36. The second kappa shape index (κ2) is 5.30. The molecule has 22 heavy (non-hydrogen) atoms. The number of hydrogen-bond donors (Lipinski definition) is 1. The topological polar surface area (TPSA) is 42.7 Å². The lowest BCUT2D eigenvalue weighted by molar-refractivity contribution is 0.882. The summed E-state index contributed by atoms with van der Waals surface area (Å²) in [6.45, 7) is 0.898. The Hall–Kier alpha value is -2.04. The van der Waals surface area contributed by atoms with E-state index in [2.05, 4.69) is 10.3 Å². The first-order chi connectivity index (χ1) is 10.7. The van der Waals surface area contributed by atoms with Crippen LogP contribution in [0.15, 0.2) is 42.7 Å². The number of pyridine rings is 1. The van der Waals surface area contributed by atoms with Crippen LogP contribution in [0.5, 0.6) is 0 Å². The average Bonchev–Trinajstić information content (AvgIpc) is 3.08. The highest BCUT2D eigenvalue weighted by Crippen LogP contribution is 2.35. The molecule has 2 aromatic heterocycles. The van der Waals surface area contributed by atoms with Crippen LogP contribution in [-0.4, -0.2) is 21.3 Å². The number of nitrogens with zero attached hydrogens (tertiary/aromatic N) is 3. The zero-order valence-electron chi connectivity index (χ0n) is 11.6. The number of anilines is 1. The second-order valence-corrected chi connectivity index (χ2v) is 6.01. The van der Waals surface area contributed by atoms with Gasteiger partial charge in [-0.05, 0) is 36.8 Å². The van der Waals surface area contributed by atoms with Crippen molar-refractivity contribution >= 4 is 29.0 Å². The van der Waals surface area contributed by atoms with Crippen molar-refractivity contribution in [2.24, 2.45) is 0 Å². The van der Waals surface area contributed by atoms with Gasteiger partial charge in [-0.15, -0.1) is 0 Å². The number of nitrogens with one attached hydrogen (secondary N) is 1. The molecule has 4 rings (SSSR count). The summed E-state index contributed by atoms with van der Waals surface area (Å²) >= 11 is 12.2. The Morgan fingerprint density at radius 1 is 1.14 bits per heavy atom. The van der Waals surface area contributed by atoms with Crippen molar-refractivity contribution in [3.63, 3.8) is 0 Å². The monoisotopic (exact) mass is 330 g/mol. The van der Waals surface area contributed by atoms with Gasteiger partial charge in [-0.25, -0.2) is 4.68 Å². The molecule has 0 unspecified atom stereocenters. The minimum atomic E-state index is 0.590. The van der Waals surface area contributed by atoms with Crippen LogP contribution in [0, 0.1) is 0 Å². The lowest BCUT2D eigenvalue weighted by Crippen LogP contribution is -2.04. The van der Waals surface area contributed by atoms with Gasteiger partial charge in [0.05, 0.1) is 11.4 Å². The molecule has 0 bridgehead atoms. The van der Waals surface area contributed by atoms with Gasteiger partial charge in [-0.3, -0.25) is 4.98 Å². The number of hydrogen-bond acceptors (Lipinski definition) is 3. The smallest absolute Gasteiger partial charge is 0.133 e. The molecule has 0 radical (unpaired) electrons. The third kappa shape index (κ3) is 2.25. The molecule has 6 heteroatoms. The molecule has 0 atom stereocenters. The zero-order valence-corrected chi connectivity index (χ0v) is 13.1. The summed E-state index contributed by atoms with van der Waals surface area (Å²) in [5.74, 6) is 0.997. The molecule has 4 nitrogen and oxygen atoms in total. The van der Waals surface area contributed by atoms with E-state index in [-0.39, 0.29) is 0 Å². The van der Waals surface area contributed by atoms with Gasteiger partial charge in [0.15, 0.2) is 0 Å². The van der Waals surface area contributed by atoms with Gasteiger partial charge in [-0.1, -0.05) is 23.2 Å². The molecule has 3 heterocycles. The van der Waals surface area contributed by atoms with E-state index in [1.165, 1.54) is 5.56 Å². The molecule has 0 saturated carbocycles. The number of benzene rings is 1. The number of fused-ring (bicyclic) bond motifs is 1. The highest BCUT2D eigenvalue weighted by atomic mass is 35.5. The summed E-state index contributed by atoms with van der Waals surface area (Å²) in [7, 11) is 0. The van der Waals surface area contributed by atoms with Gasteiger partial charge in [0.1, 0.15) is 5.82 Å². The first kappa shape index (κ1) is 13.6. The van der Waals surface area contributed by atoms with Crippen molar-refractivity contribution in [2.45, 2.75) is 6.42 Å². The quantitative estimate of drug-likeness (QED) is 0.765. The van der Waals surface area contributed by atoms with Gasteiger partial charge < -0.3 is 5.32 Å². The summed E-state index contributed by atoms with van der Waals surface area (Å²) in [4.78, 5) is 4.18. The SMILES string of the molecule is Clc1cc(Cl)cc(-n2nc(-c3cccnc3)c3c2NCC3)c1. The van der Waals surface area contributed by atoms with E-state index < -0.39 is 0 Å². The molecule has 0 spiro atoms. The van der Waals surface area contributed by atoms with E-state index >= 15 is 0 Å². The summed E-state index contributed by atoms with van der Waals surface area (Å²) in [5, 5.41) is 9.32. The molecule has 1 aromatic carbocycles. The van der Waals surface area contributed by atoms with Crippen LogP contribution in [0.25, 0.3) is 16.9 Å². The van der Waals surface area contributed by atoms with Gasteiger partial charge in [0, 0.05) is 40.1 Å². The van der Waals surface area contributed by atoms with E-state index in [9.17, 15) is 0 Å². The van der Waals surface area contributed by atoms with E-state index in [1.807, 2.05) is 35.1 Å². The maximum atomic E-state index is 6.12. The lowest BCUT2D eigenvalue weighted by Gasteiger charge is -2.07. The Labute approximate surface area is 137 Å². The predicted octanol–water partition coefficient (Wildman–Crippen LogP) is 4.21. The van der Waals surface area contributed by atoms with Gasteiger partial charge >= 0.3 is 0 Å². The standard InChI is InChI=1S/C16H12Cl2N4/c17-11-6-12(18)8-13(7-11)22-16-14(3-5-20-16)15(21-22)10-2-1-4-19-9-10/h1-2,4,6-9,20H,3,5H2. The van der Waals surface area contributed by atoms with Gasteiger partial charge in [-0.2, -0.15) is 5.10 Å². The van der Waals surface area contributed by atoms with Crippen molar-refractivity contribution < 1.29 is 0 Å². The Bertz CT molecular complexity index is 823. The van der Waals surface area contributed by atoms with Crippen LogP contribution in [-0.2, 0) is 6.42 Å². The fourth-order valence-corrected chi connectivity index (χ4v) is 3.27. The molecule has 1 aliphatic rings. The molecule has 1 aliphatic heterocycles. The Kier molecular flexibility index (Phi) is 3.28. The zero-order chi connectivity index (χ0) is 15.1. The van der Waals surface area contributed by atoms with Crippen LogP contribution < -0.4 is 5.32 Å². The van der Waals surface area contributed by atoms with Crippen LogP contribution in [0.3, 0.4) is 0 Å². The predicted molar refractivity (Wildman–Crippen MR) is 89.0 cm³/mol. The largest absolute Gasteiger partial charge is 0.369 e. The van der Waals surface area contributed by atoms with Crippen molar-refractivity contribution in [2.75, 3.05) is 11.9 Å². The Balaban J connectivity index is 1.91. The molecular weight excluding hydrogens is 319 g/mol. The molecular formula is C16H12Cl2N4. The van der Waals surface area contributed by atoms with E-state index in [0.717, 1.165) is 35.7 Å². The van der Waals surface area contributed by atoms with Crippen molar-refractivity contribution in [3.8, 4) is 16.9 Å². The molecule has 0 fully saturated rings. The minimum Gasteiger partial charge on any atom is -0.369 e. The maximum absolute atomic E-state index is 6.12. The third-order valence-electron chi connectivity index (χ3n) is 3.68. The fraction of sp³-hybridized carbons (Fsp3) is 0.125. The summed E-state index contributed by atoms with van der Waals surface area (Å²) in [6.07, 6.45) is 4.53. The highest BCUT2D eigenvalue weighted by Gasteiger charge is 2.24. The molecule has 110 valence electrons. The van der Waals surface area contributed by atoms with Gasteiger partial charge in [0.25, 0.3) is 0 Å².